The Bertz CT molecular complexity index is 862. The summed E-state index contributed by atoms with van der Waals surface area (Å²) in [6.07, 6.45) is 0.513. The number of piperazine rings is 1. The third-order valence-corrected chi connectivity index (χ3v) is 5.49. The second kappa shape index (κ2) is 8.20. The lowest BCUT2D eigenvalue weighted by atomic mass is 9.98. The van der Waals surface area contributed by atoms with Gasteiger partial charge in [0.2, 0.25) is 0 Å². The van der Waals surface area contributed by atoms with Crippen molar-refractivity contribution in [3.63, 3.8) is 0 Å². The molecule has 146 valence electrons. The van der Waals surface area contributed by atoms with Crippen molar-refractivity contribution in [2.45, 2.75) is 12.5 Å². The summed E-state index contributed by atoms with van der Waals surface area (Å²) in [5.41, 5.74) is 2.11. The summed E-state index contributed by atoms with van der Waals surface area (Å²) < 4.78 is 14.3. The number of nitrogens with zero attached hydrogens (tertiary/aromatic N) is 4. The molecule has 1 atom stereocenters. The summed E-state index contributed by atoms with van der Waals surface area (Å²) in [4.78, 5) is 17.5. The summed E-state index contributed by atoms with van der Waals surface area (Å²) in [7, 11) is 2.09. The molecule has 2 aromatic carbocycles. The van der Waals surface area contributed by atoms with Crippen molar-refractivity contribution in [3.05, 3.63) is 71.5 Å². The second-order valence-electron chi connectivity index (χ2n) is 7.47. The summed E-state index contributed by atoms with van der Waals surface area (Å²) in [6.45, 7) is 4.00. The highest BCUT2D eigenvalue weighted by atomic mass is 19.1. The standard InChI is InChI=1S/C22H25FN4O/c1-25-11-13-26(14-12-25)16-22(28)27-21(17-7-3-2-4-8-17)15-20(24-27)18-9-5-6-10-19(18)23/h2-10,21H,11-16H2,1H3. The van der Waals surface area contributed by atoms with Crippen molar-refractivity contribution < 1.29 is 9.18 Å². The first-order valence-corrected chi connectivity index (χ1v) is 9.72. The van der Waals surface area contributed by atoms with Gasteiger partial charge in [0.1, 0.15) is 5.82 Å². The number of hydrazone groups is 1. The lowest BCUT2D eigenvalue weighted by molar-refractivity contribution is -0.134. The minimum atomic E-state index is -0.304. The second-order valence-corrected chi connectivity index (χ2v) is 7.47. The molecule has 0 aromatic heterocycles. The molecule has 0 saturated carbocycles. The number of rotatable bonds is 4. The van der Waals surface area contributed by atoms with Crippen molar-refractivity contribution in [3.8, 4) is 0 Å². The van der Waals surface area contributed by atoms with Crippen molar-refractivity contribution in [2.24, 2.45) is 5.10 Å². The fourth-order valence-corrected chi connectivity index (χ4v) is 3.80. The van der Waals surface area contributed by atoms with E-state index >= 15 is 0 Å². The zero-order valence-electron chi connectivity index (χ0n) is 16.1. The van der Waals surface area contributed by atoms with E-state index in [1.165, 1.54) is 6.07 Å². The van der Waals surface area contributed by atoms with Crippen LogP contribution in [0.2, 0.25) is 0 Å². The van der Waals surface area contributed by atoms with Gasteiger partial charge in [0.15, 0.2) is 0 Å². The summed E-state index contributed by atoms with van der Waals surface area (Å²) in [6, 6.07) is 16.3. The van der Waals surface area contributed by atoms with Gasteiger partial charge >= 0.3 is 0 Å². The molecule has 4 rings (SSSR count). The van der Waals surface area contributed by atoms with Crippen LogP contribution in [0.15, 0.2) is 59.7 Å². The molecule has 0 aliphatic carbocycles. The third kappa shape index (κ3) is 3.98. The van der Waals surface area contributed by atoms with E-state index in [4.69, 9.17) is 0 Å². The molecule has 6 heteroatoms. The maximum Gasteiger partial charge on any atom is 0.257 e. The normalized spacial score (nSPS) is 21.0. The molecule has 1 fully saturated rings. The van der Waals surface area contributed by atoms with E-state index in [1.54, 1.807) is 23.2 Å². The molecule has 0 bridgehead atoms. The fourth-order valence-electron chi connectivity index (χ4n) is 3.80. The minimum absolute atomic E-state index is 0.0373. The Morgan fingerprint density at radius 3 is 2.43 bits per heavy atom. The van der Waals surface area contributed by atoms with E-state index in [2.05, 4.69) is 21.9 Å². The maximum absolute atomic E-state index is 14.3. The van der Waals surface area contributed by atoms with Gasteiger partial charge in [-0.15, -0.1) is 0 Å². The van der Waals surface area contributed by atoms with Gasteiger partial charge in [-0.1, -0.05) is 48.5 Å². The highest BCUT2D eigenvalue weighted by Crippen LogP contribution is 2.33. The minimum Gasteiger partial charge on any atom is -0.304 e. The topological polar surface area (TPSA) is 39.1 Å². The van der Waals surface area contributed by atoms with Crippen LogP contribution in [-0.4, -0.2) is 66.2 Å². The van der Waals surface area contributed by atoms with Crippen LogP contribution < -0.4 is 0 Å². The predicted octanol–water partition coefficient (Wildman–Crippen LogP) is 2.75. The molecule has 1 amide bonds. The molecule has 2 heterocycles. The Kier molecular flexibility index (Phi) is 5.50. The number of halogens is 1. The van der Waals surface area contributed by atoms with Gasteiger partial charge in [0, 0.05) is 38.2 Å². The van der Waals surface area contributed by atoms with Crippen LogP contribution in [0.1, 0.15) is 23.6 Å². The highest BCUT2D eigenvalue weighted by Gasteiger charge is 2.34. The third-order valence-electron chi connectivity index (χ3n) is 5.49. The van der Waals surface area contributed by atoms with Crippen LogP contribution in [0.5, 0.6) is 0 Å². The number of amides is 1. The molecule has 2 aromatic rings. The zero-order chi connectivity index (χ0) is 19.5. The maximum atomic E-state index is 14.3. The van der Waals surface area contributed by atoms with Gasteiger partial charge in [-0.2, -0.15) is 5.10 Å². The van der Waals surface area contributed by atoms with E-state index in [1.807, 2.05) is 30.3 Å². The van der Waals surface area contributed by atoms with Crippen LogP contribution >= 0.6 is 0 Å². The lowest BCUT2D eigenvalue weighted by Crippen LogP contribution is -2.48. The zero-order valence-corrected chi connectivity index (χ0v) is 16.1. The number of benzene rings is 2. The molecule has 28 heavy (non-hydrogen) atoms. The lowest BCUT2D eigenvalue weighted by Gasteiger charge is -2.33. The van der Waals surface area contributed by atoms with E-state index in [9.17, 15) is 9.18 Å². The largest absolute Gasteiger partial charge is 0.304 e. The first-order valence-electron chi connectivity index (χ1n) is 9.72. The van der Waals surface area contributed by atoms with Gasteiger partial charge < -0.3 is 4.90 Å². The first-order chi connectivity index (χ1) is 13.6. The van der Waals surface area contributed by atoms with Crippen LogP contribution in [0.25, 0.3) is 0 Å². The molecular weight excluding hydrogens is 355 g/mol. The molecular formula is C22H25FN4O. The smallest absolute Gasteiger partial charge is 0.257 e. The summed E-state index contributed by atoms with van der Waals surface area (Å²) in [5.74, 6) is -0.342. The van der Waals surface area contributed by atoms with E-state index in [0.29, 0.717) is 24.2 Å². The van der Waals surface area contributed by atoms with Crippen molar-refractivity contribution in [1.29, 1.82) is 0 Å². The van der Waals surface area contributed by atoms with Crippen LogP contribution in [0, 0.1) is 5.82 Å². The Morgan fingerprint density at radius 2 is 1.71 bits per heavy atom. The number of carbonyl (C=O) groups excluding carboxylic acids is 1. The molecule has 0 radical (unpaired) electrons. The number of likely N-dealkylation sites (N-methyl/N-ethyl adjacent to an activating group) is 1. The molecule has 0 spiro atoms. The Hall–Kier alpha value is -2.57. The number of hydrogen-bond donors (Lipinski definition) is 0. The number of carbonyl (C=O) groups is 1. The monoisotopic (exact) mass is 380 g/mol. The molecule has 1 saturated heterocycles. The molecule has 2 aliphatic heterocycles. The van der Waals surface area contributed by atoms with Gasteiger partial charge in [-0.05, 0) is 18.7 Å². The van der Waals surface area contributed by atoms with Crippen LogP contribution in [0.4, 0.5) is 4.39 Å². The van der Waals surface area contributed by atoms with Crippen molar-refractivity contribution in [2.75, 3.05) is 39.8 Å². The molecule has 2 aliphatic rings. The van der Waals surface area contributed by atoms with Crippen molar-refractivity contribution >= 4 is 11.6 Å². The van der Waals surface area contributed by atoms with E-state index < -0.39 is 0 Å². The Morgan fingerprint density at radius 1 is 1.04 bits per heavy atom. The molecule has 0 N–H and O–H groups in total. The predicted molar refractivity (Wildman–Crippen MR) is 108 cm³/mol. The van der Waals surface area contributed by atoms with E-state index in [0.717, 1.165) is 31.7 Å². The molecule has 5 nitrogen and oxygen atoms in total. The highest BCUT2D eigenvalue weighted by molar-refractivity contribution is 6.03. The van der Waals surface area contributed by atoms with Gasteiger partial charge in [0.05, 0.1) is 18.3 Å². The van der Waals surface area contributed by atoms with Gasteiger partial charge in [-0.25, -0.2) is 9.40 Å². The average Bonchev–Trinajstić information content (AvgIpc) is 3.16. The summed E-state index contributed by atoms with van der Waals surface area (Å²) in [5, 5.41) is 6.15. The number of hydrogen-bond acceptors (Lipinski definition) is 4. The van der Waals surface area contributed by atoms with Crippen LogP contribution in [0.3, 0.4) is 0 Å². The quantitative estimate of drug-likeness (QED) is 0.819. The van der Waals surface area contributed by atoms with E-state index in [-0.39, 0.29) is 17.8 Å². The Balaban J connectivity index is 1.58. The summed E-state index contributed by atoms with van der Waals surface area (Å²) >= 11 is 0. The van der Waals surface area contributed by atoms with Crippen molar-refractivity contribution in [1.82, 2.24) is 14.8 Å². The average molecular weight is 380 g/mol. The Labute approximate surface area is 165 Å². The SMILES string of the molecule is CN1CCN(CC(=O)N2N=C(c3ccccc3F)CC2c2ccccc2)CC1. The first kappa shape index (κ1) is 18.8. The van der Waals surface area contributed by atoms with Gasteiger partial charge in [-0.3, -0.25) is 9.69 Å². The van der Waals surface area contributed by atoms with Crippen LogP contribution in [-0.2, 0) is 4.79 Å². The van der Waals surface area contributed by atoms with Gasteiger partial charge in [0.25, 0.3) is 5.91 Å². The fraction of sp³-hybridized carbons (Fsp3) is 0.364. The molecule has 1 unspecified atom stereocenters.